The molecular weight excluding hydrogens is 208 g/mol. The second-order valence-electron chi connectivity index (χ2n) is 3.40. The molecule has 4 heteroatoms. The number of hydrogen-bond acceptors (Lipinski definition) is 2. The molecule has 0 spiro atoms. The van der Waals surface area contributed by atoms with Crippen LogP contribution < -0.4 is 5.32 Å². The van der Waals surface area contributed by atoms with E-state index in [9.17, 15) is 4.79 Å². The molecule has 1 aromatic heterocycles. The standard InChI is InChI=1S/C11H12N2OS/c1-2-5-12-11(14)13-6-3-10-9(8-13)4-7-15-10/h1,4,7H,3,5-6,8H2,(H,12,14). The second-order valence-corrected chi connectivity index (χ2v) is 4.40. The van der Waals surface area contributed by atoms with Gasteiger partial charge in [-0.25, -0.2) is 4.79 Å². The van der Waals surface area contributed by atoms with Crippen LogP contribution in [0.15, 0.2) is 11.4 Å². The largest absolute Gasteiger partial charge is 0.327 e. The Hall–Kier alpha value is -1.47. The van der Waals surface area contributed by atoms with Gasteiger partial charge in [-0.2, -0.15) is 0 Å². The lowest BCUT2D eigenvalue weighted by Crippen LogP contribution is -2.42. The topological polar surface area (TPSA) is 32.3 Å². The van der Waals surface area contributed by atoms with E-state index in [0.717, 1.165) is 13.0 Å². The van der Waals surface area contributed by atoms with Crippen LogP contribution in [-0.2, 0) is 13.0 Å². The molecule has 1 aliphatic heterocycles. The van der Waals surface area contributed by atoms with Crippen molar-refractivity contribution in [2.75, 3.05) is 13.1 Å². The fourth-order valence-corrected chi connectivity index (χ4v) is 2.55. The number of urea groups is 1. The quantitative estimate of drug-likeness (QED) is 0.714. The van der Waals surface area contributed by atoms with Gasteiger partial charge in [0.1, 0.15) is 0 Å². The van der Waals surface area contributed by atoms with E-state index in [1.807, 2.05) is 0 Å². The van der Waals surface area contributed by atoms with Crippen molar-refractivity contribution < 1.29 is 4.79 Å². The molecule has 0 aromatic carbocycles. The summed E-state index contributed by atoms with van der Waals surface area (Å²) in [5.74, 6) is 2.40. The van der Waals surface area contributed by atoms with Crippen LogP contribution in [0.2, 0.25) is 0 Å². The number of amides is 2. The summed E-state index contributed by atoms with van der Waals surface area (Å²) >= 11 is 1.77. The molecule has 0 saturated heterocycles. The van der Waals surface area contributed by atoms with Crippen LogP contribution >= 0.6 is 11.3 Å². The van der Waals surface area contributed by atoms with Crippen molar-refractivity contribution in [3.05, 3.63) is 21.9 Å². The van der Waals surface area contributed by atoms with Gasteiger partial charge in [-0.3, -0.25) is 0 Å². The van der Waals surface area contributed by atoms with Gasteiger partial charge >= 0.3 is 6.03 Å². The molecule has 0 saturated carbocycles. The number of rotatable bonds is 1. The summed E-state index contributed by atoms with van der Waals surface area (Å²) in [5.41, 5.74) is 1.27. The minimum absolute atomic E-state index is 0.0650. The van der Waals surface area contributed by atoms with Crippen LogP contribution in [0.1, 0.15) is 10.4 Å². The molecule has 0 aliphatic carbocycles. The monoisotopic (exact) mass is 220 g/mol. The number of carbonyl (C=O) groups excluding carboxylic acids is 1. The summed E-state index contributed by atoms with van der Waals surface area (Å²) in [7, 11) is 0. The lowest BCUT2D eigenvalue weighted by atomic mass is 10.1. The third-order valence-corrected chi connectivity index (χ3v) is 3.46. The highest BCUT2D eigenvalue weighted by Crippen LogP contribution is 2.23. The van der Waals surface area contributed by atoms with E-state index in [1.54, 1.807) is 16.2 Å². The lowest BCUT2D eigenvalue weighted by molar-refractivity contribution is 0.194. The second kappa shape index (κ2) is 4.37. The molecule has 3 nitrogen and oxygen atoms in total. The van der Waals surface area contributed by atoms with Gasteiger partial charge in [0.25, 0.3) is 0 Å². The van der Waals surface area contributed by atoms with Gasteiger partial charge in [-0.1, -0.05) is 5.92 Å². The summed E-state index contributed by atoms with van der Waals surface area (Å²) in [6.07, 6.45) is 6.04. The zero-order valence-corrected chi connectivity index (χ0v) is 9.14. The SMILES string of the molecule is C#CCNC(=O)N1CCc2sccc2C1. The molecular formula is C11H12N2OS. The van der Waals surface area contributed by atoms with E-state index in [2.05, 4.69) is 22.7 Å². The average Bonchev–Trinajstić information content (AvgIpc) is 2.72. The number of nitrogens with one attached hydrogen (secondary N) is 1. The van der Waals surface area contributed by atoms with Crippen LogP contribution in [0.5, 0.6) is 0 Å². The Morgan fingerprint density at radius 3 is 3.40 bits per heavy atom. The van der Waals surface area contributed by atoms with Crippen molar-refractivity contribution in [3.8, 4) is 12.3 Å². The maximum absolute atomic E-state index is 11.6. The molecule has 0 radical (unpaired) electrons. The number of hydrogen-bond donors (Lipinski definition) is 1. The smallest absolute Gasteiger partial charge is 0.318 e. The predicted octanol–water partition coefficient (Wildman–Crippen LogP) is 1.45. The minimum Gasteiger partial charge on any atom is -0.327 e. The summed E-state index contributed by atoms with van der Waals surface area (Å²) in [6.45, 7) is 1.78. The molecule has 1 N–H and O–H groups in total. The molecule has 0 atom stereocenters. The minimum atomic E-state index is -0.0650. The maximum Gasteiger partial charge on any atom is 0.318 e. The van der Waals surface area contributed by atoms with E-state index in [0.29, 0.717) is 13.1 Å². The van der Waals surface area contributed by atoms with Crippen LogP contribution in [0, 0.1) is 12.3 Å². The maximum atomic E-state index is 11.6. The van der Waals surface area contributed by atoms with Crippen molar-refractivity contribution in [1.82, 2.24) is 10.2 Å². The van der Waals surface area contributed by atoms with E-state index in [-0.39, 0.29) is 6.03 Å². The molecule has 2 amide bonds. The first-order chi connectivity index (χ1) is 7.31. The van der Waals surface area contributed by atoms with E-state index >= 15 is 0 Å². The first-order valence-corrected chi connectivity index (χ1v) is 5.70. The van der Waals surface area contributed by atoms with Gasteiger partial charge in [-0.05, 0) is 23.4 Å². The van der Waals surface area contributed by atoms with Gasteiger partial charge in [0.15, 0.2) is 0 Å². The van der Waals surface area contributed by atoms with Gasteiger partial charge in [0.2, 0.25) is 0 Å². The van der Waals surface area contributed by atoms with Crippen LogP contribution in [-0.4, -0.2) is 24.0 Å². The number of terminal acetylenes is 1. The molecule has 1 aliphatic rings. The first kappa shape index (κ1) is 10.1. The average molecular weight is 220 g/mol. The Morgan fingerprint density at radius 2 is 2.60 bits per heavy atom. The highest BCUT2D eigenvalue weighted by Gasteiger charge is 2.20. The van der Waals surface area contributed by atoms with Crippen molar-refractivity contribution >= 4 is 17.4 Å². The molecule has 2 rings (SSSR count). The van der Waals surface area contributed by atoms with Crippen molar-refractivity contribution in [2.45, 2.75) is 13.0 Å². The zero-order chi connectivity index (χ0) is 10.7. The van der Waals surface area contributed by atoms with Crippen LogP contribution in [0.4, 0.5) is 4.79 Å². The van der Waals surface area contributed by atoms with E-state index in [1.165, 1.54) is 10.4 Å². The van der Waals surface area contributed by atoms with Crippen LogP contribution in [0.3, 0.4) is 0 Å². The summed E-state index contributed by atoms with van der Waals surface area (Å²) in [5, 5.41) is 4.76. The van der Waals surface area contributed by atoms with Crippen LogP contribution in [0.25, 0.3) is 0 Å². The Bertz CT molecular complexity index is 405. The third-order valence-electron chi connectivity index (χ3n) is 2.44. The van der Waals surface area contributed by atoms with Crippen molar-refractivity contribution in [3.63, 3.8) is 0 Å². The first-order valence-electron chi connectivity index (χ1n) is 4.82. The number of fused-ring (bicyclic) bond motifs is 1. The predicted molar refractivity (Wildman–Crippen MR) is 60.7 cm³/mol. The van der Waals surface area contributed by atoms with E-state index < -0.39 is 0 Å². The Labute approximate surface area is 93.1 Å². The molecule has 0 bridgehead atoms. The van der Waals surface area contributed by atoms with Gasteiger partial charge < -0.3 is 10.2 Å². The zero-order valence-electron chi connectivity index (χ0n) is 8.32. The third kappa shape index (κ3) is 2.13. The van der Waals surface area contributed by atoms with Gasteiger partial charge in [0.05, 0.1) is 6.54 Å². The van der Waals surface area contributed by atoms with Crippen molar-refractivity contribution in [1.29, 1.82) is 0 Å². The Morgan fingerprint density at radius 1 is 1.73 bits per heavy atom. The molecule has 15 heavy (non-hydrogen) atoms. The number of nitrogens with zero attached hydrogens (tertiary/aromatic N) is 1. The number of carbonyl (C=O) groups is 1. The number of thiophene rings is 1. The summed E-state index contributed by atoms with van der Waals surface area (Å²) in [6, 6.07) is 2.02. The molecule has 1 aromatic rings. The molecule has 2 heterocycles. The highest BCUT2D eigenvalue weighted by atomic mass is 32.1. The fraction of sp³-hybridized carbons (Fsp3) is 0.364. The lowest BCUT2D eigenvalue weighted by Gasteiger charge is -2.26. The fourth-order valence-electron chi connectivity index (χ4n) is 1.66. The summed E-state index contributed by atoms with van der Waals surface area (Å²) < 4.78 is 0. The van der Waals surface area contributed by atoms with Gasteiger partial charge in [-0.15, -0.1) is 17.8 Å². The Balaban J connectivity index is 1.98. The Kier molecular flexibility index (Phi) is 2.93. The highest BCUT2D eigenvalue weighted by molar-refractivity contribution is 7.10. The summed E-state index contributed by atoms with van der Waals surface area (Å²) in [4.78, 5) is 14.8. The van der Waals surface area contributed by atoms with Crippen molar-refractivity contribution in [2.24, 2.45) is 0 Å². The normalized spacial score (nSPS) is 14.2. The molecule has 78 valence electrons. The molecule has 0 unspecified atom stereocenters. The van der Waals surface area contributed by atoms with E-state index in [4.69, 9.17) is 6.42 Å². The van der Waals surface area contributed by atoms with Gasteiger partial charge in [0, 0.05) is 18.0 Å². The molecule has 0 fully saturated rings.